The number of carboxylic acid groups (broad SMARTS) is 1. The molecule has 1 heterocycles. The smallest absolute Gasteiger partial charge is 0.434 e. The van der Waals surface area contributed by atoms with Crippen LogP contribution >= 0.6 is 0 Å². The van der Waals surface area contributed by atoms with E-state index in [2.05, 4.69) is 9.97 Å². The Morgan fingerprint density at radius 2 is 2.16 bits per heavy atom. The maximum Gasteiger partial charge on any atom is 0.434 e. The van der Waals surface area contributed by atoms with Crippen molar-refractivity contribution in [1.82, 2.24) is 9.97 Å². The summed E-state index contributed by atoms with van der Waals surface area (Å²) in [7, 11) is 1.37. The second kappa shape index (κ2) is 4.76. The normalized spacial score (nSPS) is 17.3. The Labute approximate surface area is 106 Å². The molecule has 19 heavy (non-hydrogen) atoms. The summed E-state index contributed by atoms with van der Waals surface area (Å²) in [6.07, 6.45) is -3.10. The van der Waals surface area contributed by atoms with Gasteiger partial charge in [0.05, 0.1) is 0 Å². The summed E-state index contributed by atoms with van der Waals surface area (Å²) in [5.41, 5.74) is -2.39. The van der Waals surface area contributed by atoms with Crippen LogP contribution in [-0.2, 0) is 10.9 Å². The summed E-state index contributed by atoms with van der Waals surface area (Å²) in [4.78, 5) is 17.8. The first-order chi connectivity index (χ1) is 8.84. The van der Waals surface area contributed by atoms with E-state index in [0.29, 0.717) is 6.20 Å². The first-order valence-corrected chi connectivity index (χ1v) is 5.54. The number of alkyl halides is 3. The van der Waals surface area contributed by atoms with E-state index in [1.54, 1.807) is 0 Å². The molecule has 0 spiro atoms. The maximum atomic E-state index is 12.8. The molecule has 0 aliphatic heterocycles. The number of aromatic carboxylic acids is 1. The highest BCUT2D eigenvalue weighted by atomic mass is 19.4. The van der Waals surface area contributed by atoms with Crippen LogP contribution in [0.25, 0.3) is 0 Å². The van der Waals surface area contributed by atoms with E-state index in [1.807, 2.05) is 0 Å². The van der Waals surface area contributed by atoms with Crippen molar-refractivity contribution in [1.29, 1.82) is 0 Å². The average molecular weight is 276 g/mol. The van der Waals surface area contributed by atoms with E-state index in [-0.39, 0.29) is 11.7 Å². The van der Waals surface area contributed by atoms with E-state index >= 15 is 0 Å². The first kappa shape index (κ1) is 13.7. The molecule has 8 heteroatoms. The Morgan fingerprint density at radius 1 is 1.53 bits per heavy atom. The average Bonchev–Trinajstić information content (AvgIpc) is 3.13. The van der Waals surface area contributed by atoms with Gasteiger partial charge in [0.2, 0.25) is 0 Å². The number of hydrogen-bond donors (Lipinski definition) is 1. The third-order valence-electron chi connectivity index (χ3n) is 2.86. The minimum atomic E-state index is -4.84. The lowest BCUT2D eigenvalue weighted by Gasteiger charge is -2.15. The van der Waals surface area contributed by atoms with Crippen molar-refractivity contribution in [3.05, 3.63) is 23.3 Å². The fourth-order valence-corrected chi connectivity index (χ4v) is 1.81. The number of nitrogens with zero attached hydrogens (tertiary/aromatic N) is 2. The van der Waals surface area contributed by atoms with Crippen LogP contribution in [0.3, 0.4) is 0 Å². The number of hydrogen-bond acceptors (Lipinski definition) is 4. The Hall–Kier alpha value is -1.70. The fraction of sp³-hybridized carbons (Fsp3) is 0.545. The molecular weight excluding hydrogens is 265 g/mol. The van der Waals surface area contributed by atoms with Crippen LogP contribution in [0.1, 0.15) is 40.8 Å². The third kappa shape index (κ3) is 2.83. The number of ether oxygens (including phenoxy) is 1. The van der Waals surface area contributed by atoms with E-state index in [4.69, 9.17) is 9.84 Å². The largest absolute Gasteiger partial charge is 0.478 e. The van der Waals surface area contributed by atoms with E-state index in [1.165, 1.54) is 7.11 Å². The summed E-state index contributed by atoms with van der Waals surface area (Å²) in [6, 6.07) is 0. The Kier molecular flexibility index (Phi) is 3.44. The molecule has 104 valence electrons. The van der Waals surface area contributed by atoms with Crippen LogP contribution in [-0.4, -0.2) is 28.2 Å². The molecule has 0 saturated heterocycles. The first-order valence-electron chi connectivity index (χ1n) is 5.54. The summed E-state index contributed by atoms with van der Waals surface area (Å²) < 4.78 is 43.4. The van der Waals surface area contributed by atoms with E-state index in [0.717, 1.165) is 12.8 Å². The van der Waals surface area contributed by atoms with Crippen molar-refractivity contribution in [3.8, 4) is 0 Å². The van der Waals surface area contributed by atoms with Crippen molar-refractivity contribution >= 4 is 5.97 Å². The minimum absolute atomic E-state index is 0.0989. The minimum Gasteiger partial charge on any atom is -0.478 e. The maximum absolute atomic E-state index is 12.8. The second-order valence-corrected chi connectivity index (χ2v) is 4.29. The fourth-order valence-electron chi connectivity index (χ4n) is 1.81. The molecule has 0 aromatic carbocycles. The van der Waals surface area contributed by atoms with Crippen LogP contribution < -0.4 is 0 Å². The SMILES string of the molecule is COC(c1ncc(C(=O)O)c(C(F)(F)F)n1)C1CC1. The molecule has 5 nitrogen and oxygen atoms in total. The van der Waals surface area contributed by atoms with Gasteiger partial charge in [-0.2, -0.15) is 13.2 Å². The number of aromatic nitrogens is 2. The van der Waals surface area contributed by atoms with E-state index in [9.17, 15) is 18.0 Å². The molecule has 0 amide bonds. The van der Waals surface area contributed by atoms with Crippen LogP contribution in [0.4, 0.5) is 13.2 Å². The summed E-state index contributed by atoms with van der Waals surface area (Å²) in [6.45, 7) is 0. The predicted octanol–water partition coefficient (Wildman–Crippen LogP) is 2.29. The van der Waals surface area contributed by atoms with Crippen LogP contribution in [0.2, 0.25) is 0 Å². The summed E-state index contributed by atoms with van der Waals surface area (Å²) in [5, 5.41) is 8.73. The van der Waals surface area contributed by atoms with Gasteiger partial charge in [-0.3, -0.25) is 0 Å². The lowest BCUT2D eigenvalue weighted by molar-refractivity contribution is -0.142. The van der Waals surface area contributed by atoms with Crippen molar-refractivity contribution in [3.63, 3.8) is 0 Å². The zero-order valence-corrected chi connectivity index (χ0v) is 9.94. The van der Waals surface area contributed by atoms with Crippen molar-refractivity contribution in [2.75, 3.05) is 7.11 Å². The molecule has 1 fully saturated rings. The Bertz CT molecular complexity index is 500. The standard InChI is InChI=1S/C11H11F3N2O3/c1-19-7(5-2-3-5)9-15-4-6(10(17)18)8(16-9)11(12,13)14/h4-5,7H,2-3H2,1H3,(H,17,18). The van der Waals surface area contributed by atoms with Gasteiger partial charge in [0, 0.05) is 13.3 Å². The zero-order chi connectivity index (χ0) is 14.2. The van der Waals surface area contributed by atoms with Gasteiger partial charge in [0.15, 0.2) is 11.5 Å². The predicted molar refractivity (Wildman–Crippen MR) is 56.5 cm³/mol. The highest BCUT2D eigenvalue weighted by Gasteiger charge is 2.40. The highest BCUT2D eigenvalue weighted by Crippen LogP contribution is 2.42. The second-order valence-electron chi connectivity index (χ2n) is 4.29. The van der Waals surface area contributed by atoms with Gasteiger partial charge in [-0.05, 0) is 18.8 Å². The van der Waals surface area contributed by atoms with Crippen molar-refractivity contribution in [2.45, 2.75) is 25.1 Å². The number of carboxylic acids is 1. The Balaban J connectivity index is 2.45. The van der Waals surface area contributed by atoms with Crippen LogP contribution in [0.15, 0.2) is 6.20 Å². The molecule has 2 rings (SSSR count). The van der Waals surface area contributed by atoms with Gasteiger partial charge in [0.1, 0.15) is 11.7 Å². The van der Waals surface area contributed by atoms with Gasteiger partial charge in [-0.25, -0.2) is 14.8 Å². The molecule has 1 aromatic heterocycles. The van der Waals surface area contributed by atoms with Gasteiger partial charge in [-0.1, -0.05) is 0 Å². The van der Waals surface area contributed by atoms with Gasteiger partial charge >= 0.3 is 12.1 Å². The number of methoxy groups -OCH3 is 1. The number of halogens is 3. The molecule has 1 aliphatic carbocycles. The van der Waals surface area contributed by atoms with Gasteiger partial charge in [-0.15, -0.1) is 0 Å². The number of carbonyl (C=O) groups is 1. The molecule has 1 saturated carbocycles. The summed E-state index contributed by atoms with van der Waals surface area (Å²) in [5.74, 6) is -1.73. The van der Waals surface area contributed by atoms with Crippen LogP contribution in [0.5, 0.6) is 0 Å². The van der Waals surface area contributed by atoms with Crippen molar-refractivity contribution < 1.29 is 27.8 Å². The molecule has 1 atom stereocenters. The molecular formula is C11H11F3N2O3. The molecule has 1 unspecified atom stereocenters. The van der Waals surface area contributed by atoms with E-state index < -0.39 is 29.5 Å². The lowest BCUT2D eigenvalue weighted by atomic mass is 10.1. The van der Waals surface area contributed by atoms with Crippen molar-refractivity contribution in [2.24, 2.45) is 5.92 Å². The quantitative estimate of drug-likeness (QED) is 0.913. The molecule has 1 N–H and O–H groups in total. The topological polar surface area (TPSA) is 72.3 Å². The highest BCUT2D eigenvalue weighted by molar-refractivity contribution is 5.88. The molecule has 1 aliphatic rings. The van der Waals surface area contributed by atoms with Gasteiger partial charge < -0.3 is 9.84 Å². The van der Waals surface area contributed by atoms with Crippen LogP contribution in [0, 0.1) is 5.92 Å². The third-order valence-corrected chi connectivity index (χ3v) is 2.86. The zero-order valence-electron chi connectivity index (χ0n) is 9.94. The summed E-state index contributed by atoms with van der Waals surface area (Å²) >= 11 is 0. The van der Waals surface area contributed by atoms with Gasteiger partial charge in [0.25, 0.3) is 0 Å². The monoisotopic (exact) mass is 276 g/mol. The molecule has 0 radical (unpaired) electrons. The Morgan fingerprint density at radius 3 is 2.58 bits per heavy atom. The molecule has 0 bridgehead atoms. The lowest BCUT2D eigenvalue weighted by Crippen LogP contribution is -2.19. The number of rotatable bonds is 4. The molecule has 1 aromatic rings.